The number of hydrogen-bond donors (Lipinski definition) is 1. The molecule has 37 heavy (non-hydrogen) atoms. The number of hydrogen-bond acceptors (Lipinski definition) is 6. The van der Waals surface area contributed by atoms with Crippen molar-refractivity contribution < 1.29 is 13.2 Å². The predicted octanol–water partition coefficient (Wildman–Crippen LogP) is 4.84. The molecular weight excluding hydrogens is 483 g/mol. The summed E-state index contributed by atoms with van der Waals surface area (Å²) >= 11 is 0. The Morgan fingerprint density at radius 1 is 1.14 bits per heavy atom. The van der Waals surface area contributed by atoms with Crippen molar-refractivity contribution in [2.75, 3.05) is 5.32 Å². The molecule has 0 saturated heterocycles. The molecule has 0 saturated carbocycles. The number of fused-ring (bicyclic) bond motifs is 3. The lowest BCUT2D eigenvalue weighted by Crippen LogP contribution is -2.28. The van der Waals surface area contributed by atoms with Crippen LogP contribution in [0.25, 0.3) is 22.8 Å². The second kappa shape index (κ2) is 8.29. The zero-order valence-corrected chi connectivity index (χ0v) is 20.2. The van der Waals surface area contributed by atoms with Gasteiger partial charge in [0.1, 0.15) is 11.6 Å². The quantitative estimate of drug-likeness (QED) is 0.368. The van der Waals surface area contributed by atoms with Crippen molar-refractivity contribution in [3.8, 4) is 22.8 Å². The highest BCUT2D eigenvalue weighted by Crippen LogP contribution is 2.41. The van der Waals surface area contributed by atoms with E-state index >= 15 is 8.78 Å². The first-order chi connectivity index (χ1) is 17.7. The highest BCUT2D eigenvalue weighted by molar-refractivity contribution is 5.71. The fourth-order valence-electron chi connectivity index (χ4n) is 4.68. The van der Waals surface area contributed by atoms with Gasteiger partial charge in [-0.2, -0.15) is 13.9 Å². The van der Waals surface area contributed by atoms with E-state index in [-0.39, 0.29) is 11.9 Å². The van der Waals surface area contributed by atoms with Gasteiger partial charge in [-0.25, -0.2) is 14.4 Å². The SMILES string of the molecule is Cc1cnc(Nc2ccnn2C)nc1-c1cc2n(c1)C[C@H](C)n1c-2nnc1C(F)(F)c1ccccc1F. The third-order valence-electron chi connectivity index (χ3n) is 6.52. The lowest BCUT2D eigenvalue weighted by Gasteiger charge is -2.27. The van der Waals surface area contributed by atoms with Crippen LogP contribution in [0.3, 0.4) is 0 Å². The summed E-state index contributed by atoms with van der Waals surface area (Å²) in [6.07, 6.45) is 5.30. The fraction of sp³-hybridized carbons (Fsp3) is 0.240. The van der Waals surface area contributed by atoms with Gasteiger partial charge in [-0.3, -0.25) is 9.25 Å². The molecule has 1 aliphatic heterocycles. The molecule has 0 amide bonds. The van der Waals surface area contributed by atoms with Gasteiger partial charge in [0.15, 0.2) is 5.82 Å². The maximum atomic E-state index is 15.5. The van der Waals surface area contributed by atoms with Crippen LogP contribution in [-0.2, 0) is 19.5 Å². The second-order valence-corrected chi connectivity index (χ2v) is 9.08. The summed E-state index contributed by atoms with van der Waals surface area (Å²) in [5.41, 5.74) is 2.21. The number of anilines is 2. The van der Waals surface area contributed by atoms with Crippen LogP contribution in [0.1, 0.15) is 29.9 Å². The van der Waals surface area contributed by atoms with E-state index in [9.17, 15) is 4.39 Å². The molecule has 0 radical (unpaired) electrons. The normalized spacial score (nSPS) is 14.9. The summed E-state index contributed by atoms with van der Waals surface area (Å²) in [6.45, 7) is 4.12. The van der Waals surface area contributed by atoms with E-state index in [1.807, 2.05) is 36.7 Å². The fourth-order valence-corrected chi connectivity index (χ4v) is 4.68. The first-order valence-electron chi connectivity index (χ1n) is 11.6. The summed E-state index contributed by atoms with van der Waals surface area (Å²) in [6, 6.07) is 8.10. The van der Waals surface area contributed by atoms with Crippen LogP contribution in [0.5, 0.6) is 0 Å². The molecule has 1 aromatic carbocycles. The van der Waals surface area contributed by atoms with Gasteiger partial charge in [0.05, 0.1) is 29.2 Å². The number of nitrogens with one attached hydrogen (secondary N) is 1. The van der Waals surface area contributed by atoms with Crippen LogP contribution in [-0.4, -0.2) is 39.1 Å². The molecule has 1 N–H and O–H groups in total. The third kappa shape index (κ3) is 3.67. The molecule has 1 aliphatic rings. The highest BCUT2D eigenvalue weighted by atomic mass is 19.3. The summed E-state index contributed by atoms with van der Waals surface area (Å²) < 4.78 is 50.2. The lowest BCUT2D eigenvalue weighted by molar-refractivity contribution is 0.0231. The summed E-state index contributed by atoms with van der Waals surface area (Å²) in [5, 5.41) is 15.2. The van der Waals surface area contributed by atoms with E-state index in [1.165, 1.54) is 16.7 Å². The van der Waals surface area contributed by atoms with Gasteiger partial charge < -0.3 is 9.88 Å². The van der Waals surface area contributed by atoms with Crippen LogP contribution in [0.15, 0.2) is 55.0 Å². The van der Waals surface area contributed by atoms with E-state index in [0.29, 0.717) is 23.9 Å². The van der Waals surface area contributed by atoms with Crippen molar-refractivity contribution in [2.45, 2.75) is 32.4 Å². The zero-order chi connectivity index (χ0) is 25.9. The molecule has 0 unspecified atom stereocenters. The van der Waals surface area contributed by atoms with Crippen molar-refractivity contribution in [1.82, 2.24) is 39.1 Å². The Morgan fingerprint density at radius 3 is 2.70 bits per heavy atom. The Bertz CT molecular complexity index is 1630. The first-order valence-corrected chi connectivity index (χ1v) is 11.6. The maximum absolute atomic E-state index is 15.5. The Kier molecular flexibility index (Phi) is 5.14. The third-order valence-corrected chi connectivity index (χ3v) is 6.52. The number of alkyl halides is 2. The average molecular weight is 506 g/mol. The largest absolute Gasteiger partial charge is 0.342 e. The number of nitrogens with zero attached hydrogens (tertiary/aromatic N) is 8. The summed E-state index contributed by atoms with van der Waals surface area (Å²) in [4.78, 5) is 9.06. The van der Waals surface area contributed by atoms with Crippen molar-refractivity contribution in [3.05, 3.63) is 77.8 Å². The van der Waals surface area contributed by atoms with E-state index < -0.39 is 23.1 Å². The van der Waals surface area contributed by atoms with Gasteiger partial charge in [-0.1, -0.05) is 12.1 Å². The molecule has 0 fully saturated rings. The first kappa shape index (κ1) is 23.0. The molecule has 0 spiro atoms. The van der Waals surface area contributed by atoms with Gasteiger partial charge in [-0.05, 0) is 37.6 Å². The molecule has 6 rings (SSSR count). The van der Waals surface area contributed by atoms with E-state index in [1.54, 1.807) is 24.1 Å². The van der Waals surface area contributed by atoms with Crippen LogP contribution < -0.4 is 5.32 Å². The number of aromatic nitrogens is 8. The average Bonchev–Trinajstić information content (AvgIpc) is 3.59. The summed E-state index contributed by atoms with van der Waals surface area (Å²) in [5.74, 6) is -3.81. The molecule has 9 nitrogen and oxygen atoms in total. The Hall–Kier alpha value is -4.48. The Morgan fingerprint density at radius 2 is 1.95 bits per heavy atom. The molecule has 0 bridgehead atoms. The molecule has 5 heterocycles. The summed E-state index contributed by atoms with van der Waals surface area (Å²) in [7, 11) is 1.81. The minimum Gasteiger partial charge on any atom is -0.342 e. The molecule has 188 valence electrons. The van der Waals surface area contributed by atoms with Crippen LogP contribution in [0.2, 0.25) is 0 Å². The molecule has 4 aromatic heterocycles. The zero-order valence-electron chi connectivity index (χ0n) is 20.2. The monoisotopic (exact) mass is 505 g/mol. The molecule has 0 aliphatic carbocycles. The van der Waals surface area contributed by atoms with Gasteiger partial charge >= 0.3 is 5.92 Å². The molecule has 12 heteroatoms. The van der Waals surface area contributed by atoms with Crippen molar-refractivity contribution >= 4 is 11.8 Å². The van der Waals surface area contributed by atoms with Crippen molar-refractivity contribution in [2.24, 2.45) is 7.05 Å². The highest BCUT2D eigenvalue weighted by Gasteiger charge is 2.44. The van der Waals surface area contributed by atoms with Crippen LogP contribution >= 0.6 is 0 Å². The minimum absolute atomic E-state index is 0.288. The Labute approximate surface area is 209 Å². The smallest absolute Gasteiger partial charge is 0.334 e. The maximum Gasteiger partial charge on any atom is 0.334 e. The van der Waals surface area contributed by atoms with Crippen molar-refractivity contribution in [1.29, 1.82) is 0 Å². The topological polar surface area (TPSA) is 91.3 Å². The van der Waals surface area contributed by atoms with Gasteiger partial charge in [-0.15, -0.1) is 10.2 Å². The lowest BCUT2D eigenvalue weighted by atomic mass is 10.1. The van der Waals surface area contributed by atoms with Crippen LogP contribution in [0, 0.1) is 12.7 Å². The van der Waals surface area contributed by atoms with E-state index in [2.05, 4.69) is 30.6 Å². The Balaban J connectivity index is 1.40. The van der Waals surface area contributed by atoms with Gasteiger partial charge in [0.25, 0.3) is 0 Å². The molecular formula is C25H22F3N9. The van der Waals surface area contributed by atoms with E-state index in [0.717, 1.165) is 29.1 Å². The minimum atomic E-state index is -3.65. The predicted molar refractivity (Wildman–Crippen MR) is 130 cm³/mol. The molecule has 1 atom stereocenters. The second-order valence-electron chi connectivity index (χ2n) is 9.08. The molecule has 5 aromatic rings. The number of benzene rings is 1. The van der Waals surface area contributed by atoms with Gasteiger partial charge in [0, 0.05) is 37.6 Å². The van der Waals surface area contributed by atoms with Crippen molar-refractivity contribution in [3.63, 3.8) is 0 Å². The number of aryl methyl sites for hydroxylation is 2. The van der Waals surface area contributed by atoms with Crippen LogP contribution in [0.4, 0.5) is 24.9 Å². The standard InChI is InChI=1S/C25H22F3N9/c1-14-11-29-24(31-20-8-9-30-35(20)3)32-21(14)16-10-19-22-33-34-23(37(22)15(2)12-36(19)13-16)25(27,28)17-6-4-5-7-18(17)26/h4-11,13,15H,12H2,1-3H3,(H,29,31,32)/t15-/m0/s1. The number of halogens is 3. The van der Waals surface area contributed by atoms with E-state index in [4.69, 9.17) is 0 Å². The number of rotatable bonds is 5. The van der Waals surface area contributed by atoms with Gasteiger partial charge in [0.2, 0.25) is 11.8 Å².